The molecule has 17 heavy (non-hydrogen) atoms. The smallest absolute Gasteiger partial charge is 0.00952 e. The van der Waals surface area contributed by atoms with Crippen molar-refractivity contribution in [2.45, 2.75) is 71.8 Å². The summed E-state index contributed by atoms with van der Waals surface area (Å²) < 4.78 is 0. The number of fused-ring (bicyclic) bond motifs is 1. The van der Waals surface area contributed by atoms with E-state index in [1.165, 1.54) is 51.5 Å². The minimum atomic E-state index is 0.504. The second-order valence-corrected chi connectivity index (χ2v) is 7.73. The molecule has 1 aliphatic carbocycles. The van der Waals surface area contributed by atoms with Gasteiger partial charge in [-0.25, -0.2) is 0 Å². The van der Waals surface area contributed by atoms with Crippen LogP contribution in [0.5, 0.6) is 0 Å². The van der Waals surface area contributed by atoms with Crippen molar-refractivity contribution in [3.8, 4) is 0 Å². The Morgan fingerprint density at radius 3 is 2.35 bits per heavy atom. The molecule has 0 N–H and O–H groups in total. The fraction of sp³-hybridized carbons (Fsp3) is 1.00. The van der Waals surface area contributed by atoms with Crippen LogP contribution in [-0.4, -0.2) is 24.5 Å². The molecule has 0 aromatic carbocycles. The van der Waals surface area contributed by atoms with Gasteiger partial charge in [0.1, 0.15) is 0 Å². The van der Waals surface area contributed by atoms with Gasteiger partial charge in [0, 0.05) is 12.6 Å². The summed E-state index contributed by atoms with van der Waals surface area (Å²) in [6.45, 7) is 8.50. The van der Waals surface area contributed by atoms with E-state index in [9.17, 15) is 0 Å². The van der Waals surface area contributed by atoms with E-state index < -0.39 is 0 Å². The summed E-state index contributed by atoms with van der Waals surface area (Å²) in [4.78, 5) is 2.66. The maximum atomic E-state index is 2.66. The molecule has 3 unspecified atom stereocenters. The van der Waals surface area contributed by atoms with E-state index in [1.807, 2.05) is 0 Å². The van der Waals surface area contributed by atoms with E-state index in [-0.39, 0.29) is 0 Å². The Balaban J connectivity index is 1.86. The van der Waals surface area contributed by atoms with Crippen molar-refractivity contribution in [2.24, 2.45) is 17.3 Å². The van der Waals surface area contributed by atoms with Crippen LogP contribution in [0.4, 0.5) is 0 Å². The Bertz CT molecular complexity index is 240. The third kappa shape index (κ3) is 3.71. The van der Waals surface area contributed by atoms with Crippen LogP contribution in [0.1, 0.15) is 65.7 Å². The van der Waals surface area contributed by atoms with Crippen LogP contribution >= 0.6 is 0 Å². The number of nitrogens with zero attached hydrogens (tertiary/aromatic N) is 1. The van der Waals surface area contributed by atoms with Gasteiger partial charge in [-0.15, -0.1) is 0 Å². The number of hydrogen-bond donors (Lipinski definition) is 0. The summed E-state index contributed by atoms with van der Waals surface area (Å²) in [6, 6.07) is 0.869. The molecule has 2 rings (SSSR count). The predicted octanol–water partition coefficient (Wildman–Crippen LogP) is 4.32. The first-order valence-corrected chi connectivity index (χ1v) is 7.66. The van der Waals surface area contributed by atoms with Gasteiger partial charge in [0.15, 0.2) is 0 Å². The van der Waals surface area contributed by atoms with E-state index in [1.54, 1.807) is 0 Å². The number of hydrogen-bond acceptors (Lipinski definition) is 1. The van der Waals surface area contributed by atoms with Crippen molar-refractivity contribution in [3.05, 3.63) is 0 Å². The maximum Gasteiger partial charge on any atom is 0.00952 e. The van der Waals surface area contributed by atoms with Crippen LogP contribution in [0.2, 0.25) is 0 Å². The molecule has 1 saturated carbocycles. The quantitative estimate of drug-likeness (QED) is 0.691. The number of piperidine rings is 1. The van der Waals surface area contributed by atoms with Crippen LogP contribution in [0.15, 0.2) is 0 Å². The molecule has 2 fully saturated rings. The summed E-state index contributed by atoms with van der Waals surface area (Å²) in [5, 5.41) is 0. The molecule has 1 heterocycles. The SMILES string of the molecule is CN1CC2CCCCC2CC1CCC(C)(C)C. The molecule has 2 aliphatic rings. The topological polar surface area (TPSA) is 3.24 Å². The Kier molecular flexibility index (Phi) is 4.18. The lowest BCUT2D eigenvalue weighted by Gasteiger charge is -2.45. The van der Waals surface area contributed by atoms with Gasteiger partial charge in [-0.05, 0) is 50.0 Å². The molecule has 3 atom stereocenters. The average molecular weight is 237 g/mol. The standard InChI is InChI=1S/C16H31N/c1-16(2,3)10-9-15-11-13-7-5-6-8-14(13)12-17(15)4/h13-15H,5-12H2,1-4H3. The first kappa shape index (κ1) is 13.4. The summed E-state index contributed by atoms with van der Waals surface area (Å²) >= 11 is 0. The minimum absolute atomic E-state index is 0.504. The van der Waals surface area contributed by atoms with E-state index in [4.69, 9.17) is 0 Å². The third-order valence-electron chi connectivity index (χ3n) is 5.01. The van der Waals surface area contributed by atoms with Crippen LogP contribution in [0.25, 0.3) is 0 Å². The van der Waals surface area contributed by atoms with Crippen molar-refractivity contribution in [3.63, 3.8) is 0 Å². The monoisotopic (exact) mass is 237 g/mol. The zero-order valence-corrected chi connectivity index (χ0v) is 12.3. The molecule has 0 amide bonds. The molecule has 0 radical (unpaired) electrons. The molecule has 0 aromatic heterocycles. The van der Waals surface area contributed by atoms with Gasteiger partial charge >= 0.3 is 0 Å². The molecule has 100 valence electrons. The van der Waals surface area contributed by atoms with Gasteiger partial charge < -0.3 is 4.90 Å². The minimum Gasteiger partial charge on any atom is -0.303 e. The molecule has 1 saturated heterocycles. The van der Waals surface area contributed by atoms with Gasteiger partial charge in [0.2, 0.25) is 0 Å². The highest BCUT2D eigenvalue weighted by Gasteiger charge is 2.35. The van der Waals surface area contributed by atoms with Gasteiger partial charge in [-0.3, -0.25) is 0 Å². The third-order valence-corrected chi connectivity index (χ3v) is 5.01. The molecule has 1 nitrogen and oxygen atoms in total. The first-order valence-electron chi connectivity index (χ1n) is 7.66. The molecule has 0 spiro atoms. The second-order valence-electron chi connectivity index (χ2n) is 7.73. The lowest BCUT2D eigenvalue weighted by molar-refractivity contribution is 0.0482. The van der Waals surface area contributed by atoms with Crippen LogP contribution in [0.3, 0.4) is 0 Å². The average Bonchev–Trinajstić information content (AvgIpc) is 2.25. The second kappa shape index (κ2) is 5.30. The highest BCUT2D eigenvalue weighted by atomic mass is 15.1. The normalized spacial score (nSPS) is 35.6. The zero-order chi connectivity index (χ0) is 12.5. The number of rotatable bonds is 2. The van der Waals surface area contributed by atoms with Crippen LogP contribution in [0, 0.1) is 17.3 Å². The summed E-state index contributed by atoms with van der Waals surface area (Å²) in [5.74, 6) is 2.09. The van der Waals surface area contributed by atoms with E-state index in [0.717, 1.165) is 17.9 Å². The van der Waals surface area contributed by atoms with E-state index >= 15 is 0 Å². The lowest BCUT2D eigenvalue weighted by Crippen LogP contribution is -2.46. The molecule has 1 heteroatoms. The first-order chi connectivity index (χ1) is 7.96. The predicted molar refractivity (Wildman–Crippen MR) is 75.2 cm³/mol. The van der Waals surface area contributed by atoms with E-state index in [2.05, 4.69) is 32.7 Å². The van der Waals surface area contributed by atoms with Crippen molar-refractivity contribution >= 4 is 0 Å². The fourth-order valence-corrected chi connectivity index (χ4v) is 3.82. The molecular weight excluding hydrogens is 206 g/mol. The van der Waals surface area contributed by atoms with Gasteiger partial charge in [0.25, 0.3) is 0 Å². The van der Waals surface area contributed by atoms with Gasteiger partial charge in [-0.1, -0.05) is 40.0 Å². The Morgan fingerprint density at radius 2 is 1.71 bits per heavy atom. The lowest BCUT2D eigenvalue weighted by atomic mass is 9.72. The highest BCUT2D eigenvalue weighted by Crippen LogP contribution is 2.39. The molecule has 1 aliphatic heterocycles. The van der Waals surface area contributed by atoms with Crippen molar-refractivity contribution in [1.82, 2.24) is 4.90 Å². The zero-order valence-electron chi connectivity index (χ0n) is 12.3. The van der Waals surface area contributed by atoms with Gasteiger partial charge in [0.05, 0.1) is 0 Å². The molecular formula is C16H31N. The summed E-state index contributed by atoms with van der Waals surface area (Å²) in [6.07, 6.45) is 10.3. The molecule has 0 bridgehead atoms. The van der Waals surface area contributed by atoms with Crippen LogP contribution in [-0.2, 0) is 0 Å². The van der Waals surface area contributed by atoms with E-state index in [0.29, 0.717) is 5.41 Å². The molecule has 0 aromatic rings. The number of likely N-dealkylation sites (tertiary alicyclic amines) is 1. The summed E-state index contributed by atoms with van der Waals surface area (Å²) in [7, 11) is 2.36. The highest BCUT2D eigenvalue weighted by molar-refractivity contribution is 4.88. The van der Waals surface area contributed by atoms with Gasteiger partial charge in [-0.2, -0.15) is 0 Å². The van der Waals surface area contributed by atoms with Crippen molar-refractivity contribution in [1.29, 1.82) is 0 Å². The Morgan fingerprint density at radius 1 is 1.06 bits per heavy atom. The largest absolute Gasteiger partial charge is 0.303 e. The Hall–Kier alpha value is -0.0400. The summed E-state index contributed by atoms with van der Waals surface area (Å²) in [5.41, 5.74) is 0.504. The van der Waals surface area contributed by atoms with Crippen LogP contribution < -0.4 is 0 Å². The fourth-order valence-electron chi connectivity index (χ4n) is 3.82. The maximum absolute atomic E-state index is 2.66. The van der Waals surface area contributed by atoms with Crippen molar-refractivity contribution < 1.29 is 0 Å². The Labute approximate surface area is 108 Å². The van der Waals surface area contributed by atoms with Crippen molar-refractivity contribution in [2.75, 3.05) is 13.6 Å².